The normalized spacial score (nSPS) is 11.0. The monoisotopic (exact) mass is 293 g/mol. The fourth-order valence-electron chi connectivity index (χ4n) is 1.78. The molecule has 0 amide bonds. The molecule has 2 rings (SSSR count). The van der Waals surface area contributed by atoms with Crippen LogP contribution in [0.2, 0.25) is 0 Å². The first-order valence-electron chi connectivity index (χ1n) is 5.78. The lowest BCUT2D eigenvalue weighted by atomic mass is 10.2. The van der Waals surface area contributed by atoms with Gasteiger partial charge in [0.1, 0.15) is 5.76 Å². The molecule has 0 atom stereocenters. The molecule has 2 nitrogen and oxygen atoms in total. The molecule has 0 N–H and O–H groups in total. The first-order chi connectivity index (χ1) is 8.28. The fraction of sp³-hybridized carbons (Fsp3) is 0.286. The molecule has 0 bridgehead atoms. The van der Waals surface area contributed by atoms with Gasteiger partial charge in [0.05, 0.1) is 6.54 Å². The molecule has 0 aliphatic carbocycles. The molecule has 0 aliphatic heterocycles. The SMILES string of the molecule is CCN(Cc1ccccc1)Cc1ccc(Br)o1. The van der Waals surface area contributed by atoms with Crippen LogP contribution in [0.3, 0.4) is 0 Å². The van der Waals surface area contributed by atoms with E-state index < -0.39 is 0 Å². The van der Waals surface area contributed by atoms with Crippen LogP contribution in [0.15, 0.2) is 51.6 Å². The number of nitrogens with zero attached hydrogens (tertiary/aromatic N) is 1. The fourth-order valence-corrected chi connectivity index (χ4v) is 2.12. The second-order valence-electron chi connectivity index (χ2n) is 3.99. The van der Waals surface area contributed by atoms with Gasteiger partial charge in [0.25, 0.3) is 0 Å². The van der Waals surface area contributed by atoms with Crippen molar-refractivity contribution in [2.45, 2.75) is 20.0 Å². The molecule has 0 aliphatic rings. The van der Waals surface area contributed by atoms with Crippen molar-refractivity contribution in [3.05, 3.63) is 58.5 Å². The molecule has 3 heteroatoms. The van der Waals surface area contributed by atoms with Crippen LogP contribution < -0.4 is 0 Å². The smallest absolute Gasteiger partial charge is 0.169 e. The molecule has 0 spiro atoms. The van der Waals surface area contributed by atoms with E-state index in [1.807, 2.05) is 18.2 Å². The third-order valence-electron chi connectivity index (χ3n) is 2.70. The Balaban J connectivity index is 1.98. The highest BCUT2D eigenvalue weighted by Gasteiger charge is 2.07. The van der Waals surface area contributed by atoms with Gasteiger partial charge in [0.15, 0.2) is 4.67 Å². The van der Waals surface area contributed by atoms with E-state index in [4.69, 9.17) is 4.42 Å². The van der Waals surface area contributed by atoms with Crippen LogP contribution in [0.5, 0.6) is 0 Å². The number of furan rings is 1. The molecule has 90 valence electrons. The Morgan fingerprint density at radius 3 is 2.41 bits per heavy atom. The van der Waals surface area contributed by atoms with E-state index in [1.165, 1.54) is 5.56 Å². The lowest BCUT2D eigenvalue weighted by Gasteiger charge is -2.19. The van der Waals surface area contributed by atoms with Gasteiger partial charge in [-0.25, -0.2) is 0 Å². The van der Waals surface area contributed by atoms with E-state index >= 15 is 0 Å². The van der Waals surface area contributed by atoms with Gasteiger partial charge in [-0.1, -0.05) is 37.3 Å². The Hall–Kier alpha value is -1.06. The van der Waals surface area contributed by atoms with Crippen LogP contribution in [-0.2, 0) is 13.1 Å². The van der Waals surface area contributed by atoms with Gasteiger partial charge in [0.2, 0.25) is 0 Å². The average molecular weight is 294 g/mol. The van der Waals surface area contributed by atoms with Crippen molar-refractivity contribution >= 4 is 15.9 Å². The molecule has 17 heavy (non-hydrogen) atoms. The molecule has 0 saturated heterocycles. The number of halogens is 1. The first-order valence-corrected chi connectivity index (χ1v) is 6.57. The lowest BCUT2D eigenvalue weighted by Crippen LogP contribution is -2.21. The molecule has 1 heterocycles. The van der Waals surface area contributed by atoms with Gasteiger partial charge in [-0.3, -0.25) is 4.90 Å². The maximum atomic E-state index is 5.53. The molecule has 1 aromatic heterocycles. The van der Waals surface area contributed by atoms with E-state index in [0.717, 1.165) is 30.1 Å². The minimum absolute atomic E-state index is 0.795. The molecular weight excluding hydrogens is 278 g/mol. The van der Waals surface area contributed by atoms with Gasteiger partial charge in [0, 0.05) is 6.54 Å². The zero-order chi connectivity index (χ0) is 12.1. The second-order valence-corrected chi connectivity index (χ2v) is 4.78. The topological polar surface area (TPSA) is 16.4 Å². The summed E-state index contributed by atoms with van der Waals surface area (Å²) in [5, 5.41) is 0. The van der Waals surface area contributed by atoms with E-state index in [0.29, 0.717) is 0 Å². The zero-order valence-electron chi connectivity index (χ0n) is 9.90. The van der Waals surface area contributed by atoms with Gasteiger partial charge in [-0.15, -0.1) is 0 Å². The summed E-state index contributed by atoms with van der Waals surface area (Å²) in [4.78, 5) is 2.35. The van der Waals surface area contributed by atoms with Gasteiger partial charge >= 0.3 is 0 Å². The summed E-state index contributed by atoms with van der Waals surface area (Å²) < 4.78 is 6.32. The molecule has 1 aromatic carbocycles. The highest BCUT2D eigenvalue weighted by molar-refractivity contribution is 9.10. The van der Waals surface area contributed by atoms with E-state index in [9.17, 15) is 0 Å². The van der Waals surface area contributed by atoms with Crippen molar-refractivity contribution in [1.82, 2.24) is 4.90 Å². The average Bonchev–Trinajstić information content (AvgIpc) is 2.75. The number of rotatable bonds is 5. The van der Waals surface area contributed by atoms with Crippen LogP contribution in [0, 0.1) is 0 Å². The standard InChI is InChI=1S/C14H16BrNO/c1-2-16(10-12-6-4-3-5-7-12)11-13-8-9-14(15)17-13/h3-9H,2,10-11H2,1H3. The summed E-state index contributed by atoms with van der Waals surface area (Å²) >= 11 is 3.33. The Labute approximate surface area is 110 Å². The predicted octanol–water partition coefficient (Wildman–Crippen LogP) is 4.06. The Morgan fingerprint density at radius 1 is 1.06 bits per heavy atom. The van der Waals surface area contributed by atoms with Crippen LogP contribution in [0.4, 0.5) is 0 Å². The van der Waals surface area contributed by atoms with Crippen LogP contribution >= 0.6 is 15.9 Å². The van der Waals surface area contributed by atoms with E-state index in [2.05, 4.69) is 52.0 Å². The first kappa shape index (κ1) is 12.4. The second kappa shape index (κ2) is 6.03. The highest BCUT2D eigenvalue weighted by Crippen LogP contribution is 2.16. The number of hydrogen-bond acceptors (Lipinski definition) is 2. The molecular formula is C14H16BrNO. The summed E-state index contributed by atoms with van der Waals surface area (Å²) in [6.45, 7) is 4.97. The van der Waals surface area contributed by atoms with Crippen molar-refractivity contribution in [3.8, 4) is 0 Å². The summed E-state index contributed by atoms with van der Waals surface area (Å²) in [5.74, 6) is 0.995. The van der Waals surface area contributed by atoms with Gasteiger partial charge in [-0.05, 0) is 40.2 Å². The Kier molecular flexibility index (Phi) is 4.40. The molecule has 0 radical (unpaired) electrons. The minimum Gasteiger partial charge on any atom is -0.453 e. The van der Waals surface area contributed by atoms with Crippen molar-refractivity contribution in [2.75, 3.05) is 6.54 Å². The van der Waals surface area contributed by atoms with Crippen LogP contribution in [0.25, 0.3) is 0 Å². The minimum atomic E-state index is 0.795. The van der Waals surface area contributed by atoms with Crippen LogP contribution in [-0.4, -0.2) is 11.4 Å². The van der Waals surface area contributed by atoms with Crippen molar-refractivity contribution in [1.29, 1.82) is 0 Å². The third kappa shape index (κ3) is 3.72. The Bertz CT molecular complexity index is 452. The molecule has 2 aromatic rings. The summed E-state index contributed by atoms with van der Waals surface area (Å²) in [6, 6.07) is 14.5. The molecule has 0 unspecified atom stereocenters. The largest absolute Gasteiger partial charge is 0.453 e. The maximum absolute atomic E-state index is 5.53. The van der Waals surface area contributed by atoms with Crippen molar-refractivity contribution in [3.63, 3.8) is 0 Å². The summed E-state index contributed by atoms with van der Waals surface area (Å²) in [5.41, 5.74) is 1.33. The van der Waals surface area contributed by atoms with Crippen molar-refractivity contribution < 1.29 is 4.42 Å². The number of benzene rings is 1. The van der Waals surface area contributed by atoms with Gasteiger partial charge in [-0.2, -0.15) is 0 Å². The summed E-state index contributed by atoms with van der Waals surface area (Å²) in [6.07, 6.45) is 0. The predicted molar refractivity (Wildman–Crippen MR) is 72.6 cm³/mol. The number of hydrogen-bond donors (Lipinski definition) is 0. The maximum Gasteiger partial charge on any atom is 0.169 e. The van der Waals surface area contributed by atoms with E-state index in [-0.39, 0.29) is 0 Å². The van der Waals surface area contributed by atoms with Gasteiger partial charge < -0.3 is 4.42 Å². The molecule has 0 fully saturated rings. The quantitative estimate of drug-likeness (QED) is 0.826. The molecule has 0 saturated carbocycles. The van der Waals surface area contributed by atoms with Crippen LogP contribution in [0.1, 0.15) is 18.2 Å². The highest BCUT2D eigenvalue weighted by atomic mass is 79.9. The zero-order valence-corrected chi connectivity index (χ0v) is 11.5. The lowest BCUT2D eigenvalue weighted by molar-refractivity contribution is 0.246. The summed E-state index contributed by atoms with van der Waals surface area (Å²) in [7, 11) is 0. The van der Waals surface area contributed by atoms with E-state index in [1.54, 1.807) is 0 Å². The third-order valence-corrected chi connectivity index (χ3v) is 3.13. The van der Waals surface area contributed by atoms with Crippen molar-refractivity contribution in [2.24, 2.45) is 0 Å². The Morgan fingerprint density at radius 2 is 1.82 bits per heavy atom.